The number of nitrogens with one attached hydrogen (secondary N) is 2. The molecule has 0 radical (unpaired) electrons. The van der Waals surface area contributed by atoms with Crippen molar-refractivity contribution >= 4 is 23.2 Å². The zero-order chi connectivity index (χ0) is 17.2. The van der Waals surface area contributed by atoms with E-state index in [4.69, 9.17) is 16.3 Å². The molecular weight excluding hydrogens is 324 g/mol. The highest BCUT2D eigenvalue weighted by atomic mass is 35.5. The van der Waals surface area contributed by atoms with Crippen LogP contribution in [0, 0.1) is 0 Å². The van der Waals surface area contributed by atoms with Gasteiger partial charge in [-0.15, -0.1) is 0 Å². The number of hydrogen-bond acceptors (Lipinski definition) is 5. The van der Waals surface area contributed by atoms with Gasteiger partial charge in [-0.1, -0.05) is 23.7 Å². The zero-order valence-corrected chi connectivity index (χ0v) is 15.0. The summed E-state index contributed by atoms with van der Waals surface area (Å²) in [4.78, 5) is 8.26. The Morgan fingerprint density at radius 2 is 1.88 bits per heavy atom. The molecule has 0 aliphatic carbocycles. The molecule has 1 saturated heterocycles. The molecule has 128 valence electrons. The molecule has 1 aromatic carbocycles. The number of hydrogen-bond donors (Lipinski definition) is 2. The van der Waals surface area contributed by atoms with Gasteiger partial charge in [0.2, 0.25) is 5.95 Å². The summed E-state index contributed by atoms with van der Waals surface area (Å²) in [6.07, 6.45) is 5.45. The molecule has 1 aromatic heterocycles. The first-order valence-electron chi connectivity index (χ1n) is 8.20. The van der Waals surface area contributed by atoms with Crippen LogP contribution in [0.25, 0.3) is 0 Å². The topological polar surface area (TPSA) is 59.1 Å². The number of halogens is 1. The second-order valence-corrected chi connectivity index (χ2v) is 7.11. The second-order valence-electron chi connectivity index (χ2n) is 6.67. The van der Waals surface area contributed by atoms with Crippen molar-refractivity contribution in [2.45, 2.75) is 51.5 Å². The van der Waals surface area contributed by atoms with E-state index in [0.29, 0.717) is 17.0 Å². The van der Waals surface area contributed by atoms with Gasteiger partial charge in [0.25, 0.3) is 0 Å². The number of ether oxygens (including phenoxy) is 1. The van der Waals surface area contributed by atoms with Crippen LogP contribution in [0.15, 0.2) is 36.7 Å². The average molecular weight is 347 g/mol. The average Bonchev–Trinajstić information content (AvgIpc) is 2.81. The Morgan fingerprint density at radius 1 is 1.21 bits per heavy atom. The van der Waals surface area contributed by atoms with E-state index in [9.17, 15) is 0 Å². The molecule has 1 fully saturated rings. The number of benzene rings is 1. The van der Waals surface area contributed by atoms with Crippen LogP contribution in [0.4, 0.5) is 11.6 Å². The Labute approximate surface area is 147 Å². The van der Waals surface area contributed by atoms with Crippen LogP contribution in [0.2, 0.25) is 5.02 Å². The van der Waals surface area contributed by atoms with Gasteiger partial charge in [0, 0.05) is 11.7 Å². The third kappa shape index (κ3) is 4.44. The molecule has 1 aliphatic rings. The van der Waals surface area contributed by atoms with E-state index in [-0.39, 0.29) is 11.8 Å². The maximum absolute atomic E-state index is 5.90. The molecule has 2 heterocycles. The Kier molecular flexibility index (Phi) is 5.04. The fourth-order valence-electron chi connectivity index (χ4n) is 3.03. The SMILES string of the molecule is C[C@@H]1OC(C)(C)N[C@H]1CCc1ccc(Nc2ncc(Cl)cn2)cc1. The molecule has 1 aliphatic heterocycles. The van der Waals surface area contributed by atoms with E-state index in [1.165, 1.54) is 5.56 Å². The highest BCUT2D eigenvalue weighted by molar-refractivity contribution is 6.30. The van der Waals surface area contributed by atoms with Gasteiger partial charge in [-0.3, -0.25) is 5.32 Å². The molecule has 5 nitrogen and oxygen atoms in total. The van der Waals surface area contributed by atoms with E-state index >= 15 is 0 Å². The van der Waals surface area contributed by atoms with E-state index < -0.39 is 0 Å². The highest BCUT2D eigenvalue weighted by Gasteiger charge is 2.36. The summed E-state index contributed by atoms with van der Waals surface area (Å²) in [5, 5.41) is 7.22. The summed E-state index contributed by atoms with van der Waals surface area (Å²) >= 11 is 5.79. The number of anilines is 2. The Bertz CT molecular complexity index is 672. The minimum atomic E-state index is -0.226. The molecule has 0 saturated carbocycles. The summed E-state index contributed by atoms with van der Waals surface area (Å²) in [5.41, 5.74) is 2.03. The van der Waals surface area contributed by atoms with Gasteiger partial charge in [0.1, 0.15) is 5.72 Å². The summed E-state index contributed by atoms with van der Waals surface area (Å²) in [7, 11) is 0. The van der Waals surface area contributed by atoms with Crippen molar-refractivity contribution in [2.24, 2.45) is 0 Å². The lowest BCUT2D eigenvalue weighted by Gasteiger charge is -2.18. The van der Waals surface area contributed by atoms with Crippen molar-refractivity contribution in [1.29, 1.82) is 0 Å². The first-order valence-corrected chi connectivity index (χ1v) is 8.58. The first-order chi connectivity index (χ1) is 11.4. The number of aryl methyl sites for hydroxylation is 1. The molecular formula is C18H23ClN4O. The minimum absolute atomic E-state index is 0.226. The van der Waals surface area contributed by atoms with Crippen LogP contribution in [0.3, 0.4) is 0 Å². The van der Waals surface area contributed by atoms with Crippen molar-refractivity contribution in [3.05, 3.63) is 47.2 Å². The third-order valence-electron chi connectivity index (χ3n) is 4.15. The second kappa shape index (κ2) is 7.05. The summed E-state index contributed by atoms with van der Waals surface area (Å²) < 4.78 is 5.90. The predicted molar refractivity (Wildman–Crippen MR) is 96.6 cm³/mol. The molecule has 0 spiro atoms. The summed E-state index contributed by atoms with van der Waals surface area (Å²) in [6, 6.07) is 8.73. The molecule has 2 N–H and O–H groups in total. The zero-order valence-electron chi connectivity index (χ0n) is 14.2. The van der Waals surface area contributed by atoms with Gasteiger partial charge in [0.15, 0.2) is 0 Å². The molecule has 2 aromatic rings. The number of nitrogens with zero attached hydrogens (tertiary/aromatic N) is 2. The lowest BCUT2D eigenvalue weighted by Crippen LogP contribution is -2.39. The smallest absolute Gasteiger partial charge is 0.227 e. The third-order valence-corrected chi connectivity index (χ3v) is 4.35. The van der Waals surface area contributed by atoms with E-state index in [0.717, 1.165) is 18.5 Å². The van der Waals surface area contributed by atoms with Gasteiger partial charge in [-0.25, -0.2) is 9.97 Å². The number of aromatic nitrogens is 2. The summed E-state index contributed by atoms with van der Waals surface area (Å²) in [6.45, 7) is 6.27. The maximum Gasteiger partial charge on any atom is 0.227 e. The van der Waals surface area contributed by atoms with Gasteiger partial charge in [-0.2, -0.15) is 0 Å². The normalized spacial score (nSPS) is 22.5. The molecule has 0 amide bonds. The van der Waals surface area contributed by atoms with Crippen molar-refractivity contribution < 1.29 is 4.74 Å². The lowest BCUT2D eigenvalue weighted by atomic mass is 10.0. The largest absolute Gasteiger partial charge is 0.357 e. The van der Waals surface area contributed by atoms with Gasteiger partial charge < -0.3 is 10.1 Å². The van der Waals surface area contributed by atoms with Crippen LogP contribution >= 0.6 is 11.6 Å². The first kappa shape index (κ1) is 17.1. The lowest BCUT2D eigenvalue weighted by molar-refractivity contribution is -0.0172. The maximum atomic E-state index is 5.90. The fourth-order valence-corrected chi connectivity index (χ4v) is 3.13. The van der Waals surface area contributed by atoms with Gasteiger partial charge >= 0.3 is 0 Å². The Balaban J connectivity index is 1.54. The van der Waals surface area contributed by atoms with Crippen LogP contribution in [-0.4, -0.2) is 27.8 Å². The van der Waals surface area contributed by atoms with E-state index in [1.54, 1.807) is 12.4 Å². The van der Waals surface area contributed by atoms with Crippen molar-refractivity contribution in [3.8, 4) is 0 Å². The molecule has 0 bridgehead atoms. The quantitative estimate of drug-likeness (QED) is 0.859. The summed E-state index contributed by atoms with van der Waals surface area (Å²) in [5.74, 6) is 0.538. The molecule has 24 heavy (non-hydrogen) atoms. The van der Waals surface area contributed by atoms with Crippen molar-refractivity contribution in [2.75, 3.05) is 5.32 Å². The molecule has 6 heteroatoms. The van der Waals surface area contributed by atoms with Crippen molar-refractivity contribution in [1.82, 2.24) is 15.3 Å². The van der Waals surface area contributed by atoms with E-state index in [1.807, 2.05) is 12.1 Å². The van der Waals surface area contributed by atoms with Crippen molar-refractivity contribution in [3.63, 3.8) is 0 Å². The molecule has 0 unspecified atom stereocenters. The van der Waals surface area contributed by atoms with Gasteiger partial charge in [-0.05, 0) is 51.3 Å². The fraction of sp³-hybridized carbons (Fsp3) is 0.444. The van der Waals surface area contributed by atoms with Crippen LogP contribution in [0.1, 0.15) is 32.8 Å². The van der Waals surface area contributed by atoms with Gasteiger partial charge in [0.05, 0.1) is 23.5 Å². The predicted octanol–water partition coefficient (Wildman–Crippen LogP) is 3.92. The van der Waals surface area contributed by atoms with E-state index in [2.05, 4.69) is 53.5 Å². The molecule has 2 atom stereocenters. The van der Waals surface area contributed by atoms with Crippen LogP contribution in [0.5, 0.6) is 0 Å². The van der Waals surface area contributed by atoms with Crippen LogP contribution in [-0.2, 0) is 11.2 Å². The monoisotopic (exact) mass is 346 g/mol. The highest BCUT2D eigenvalue weighted by Crippen LogP contribution is 2.24. The minimum Gasteiger partial charge on any atom is -0.357 e. The molecule has 3 rings (SSSR count). The standard InChI is InChI=1S/C18H23ClN4O/c1-12-16(23-18(2,3)24-12)9-6-13-4-7-15(8-5-13)22-17-20-10-14(19)11-21-17/h4-5,7-8,10-12,16,23H,6,9H2,1-3H3,(H,20,21,22)/t12-,16-/m0/s1. The number of rotatable bonds is 5. The Hall–Kier alpha value is -1.69. The van der Waals surface area contributed by atoms with Crippen LogP contribution < -0.4 is 10.6 Å². The Morgan fingerprint density at radius 3 is 2.46 bits per heavy atom.